The number of hydrogen-bond acceptors (Lipinski definition) is 6. The van der Waals surface area contributed by atoms with Crippen molar-refractivity contribution < 1.29 is 13.2 Å². The van der Waals surface area contributed by atoms with Crippen LogP contribution in [0.4, 0.5) is 5.82 Å². The fraction of sp³-hybridized carbons (Fsp3) is 0.500. The van der Waals surface area contributed by atoms with Gasteiger partial charge in [0, 0.05) is 19.3 Å². The molecule has 100 valence electrons. The number of nitrogen functional groups attached to an aromatic ring is 1. The third kappa shape index (κ3) is 2.96. The number of hydrazine groups is 1. The van der Waals surface area contributed by atoms with Crippen LogP contribution >= 0.6 is 0 Å². The van der Waals surface area contributed by atoms with E-state index in [4.69, 9.17) is 10.6 Å². The SMILES string of the molecule is NNc1ncccc1S(=O)(=O)NCC1CCOC1. The van der Waals surface area contributed by atoms with E-state index >= 15 is 0 Å². The van der Waals surface area contributed by atoms with Crippen molar-refractivity contribution in [1.82, 2.24) is 9.71 Å². The molecule has 1 atom stereocenters. The molecule has 1 saturated heterocycles. The van der Waals surface area contributed by atoms with Gasteiger partial charge in [-0.2, -0.15) is 0 Å². The van der Waals surface area contributed by atoms with Crippen molar-refractivity contribution >= 4 is 15.8 Å². The van der Waals surface area contributed by atoms with Crippen molar-refractivity contribution in [2.75, 3.05) is 25.2 Å². The molecule has 7 nitrogen and oxygen atoms in total. The molecule has 8 heteroatoms. The lowest BCUT2D eigenvalue weighted by Crippen LogP contribution is -2.30. The summed E-state index contributed by atoms with van der Waals surface area (Å²) < 4.78 is 31.9. The van der Waals surface area contributed by atoms with Crippen LogP contribution in [0.2, 0.25) is 0 Å². The van der Waals surface area contributed by atoms with Crippen LogP contribution in [0.3, 0.4) is 0 Å². The normalized spacial score (nSPS) is 19.9. The Morgan fingerprint density at radius 2 is 2.39 bits per heavy atom. The van der Waals surface area contributed by atoms with Gasteiger partial charge in [0.05, 0.1) is 6.61 Å². The molecule has 2 heterocycles. The minimum atomic E-state index is -3.60. The molecule has 18 heavy (non-hydrogen) atoms. The maximum absolute atomic E-state index is 12.1. The molecule has 1 fully saturated rings. The van der Waals surface area contributed by atoms with E-state index in [0.29, 0.717) is 19.8 Å². The smallest absolute Gasteiger partial charge is 0.244 e. The van der Waals surface area contributed by atoms with E-state index in [1.807, 2.05) is 0 Å². The third-order valence-corrected chi connectivity index (χ3v) is 4.24. The van der Waals surface area contributed by atoms with Crippen molar-refractivity contribution in [3.05, 3.63) is 18.3 Å². The average Bonchev–Trinajstić information content (AvgIpc) is 2.89. The minimum absolute atomic E-state index is 0.0476. The van der Waals surface area contributed by atoms with Crippen molar-refractivity contribution in [3.8, 4) is 0 Å². The number of nitrogens with zero attached hydrogens (tertiary/aromatic N) is 1. The van der Waals surface area contributed by atoms with E-state index in [9.17, 15) is 8.42 Å². The number of rotatable bonds is 5. The Bertz CT molecular complexity index is 500. The lowest BCUT2D eigenvalue weighted by Gasteiger charge is -2.12. The van der Waals surface area contributed by atoms with Crippen LogP contribution in [0, 0.1) is 5.92 Å². The summed E-state index contributed by atoms with van der Waals surface area (Å²) in [6.45, 7) is 1.65. The highest BCUT2D eigenvalue weighted by molar-refractivity contribution is 7.89. The summed E-state index contributed by atoms with van der Waals surface area (Å²) in [5, 5.41) is 0. The van der Waals surface area contributed by atoms with Gasteiger partial charge in [0.25, 0.3) is 0 Å². The summed E-state index contributed by atoms with van der Waals surface area (Å²) in [4.78, 5) is 3.91. The fourth-order valence-electron chi connectivity index (χ4n) is 1.77. The zero-order chi connectivity index (χ0) is 13.0. The third-order valence-electron chi connectivity index (χ3n) is 2.78. The fourth-order valence-corrected chi connectivity index (χ4v) is 3.00. The summed E-state index contributed by atoms with van der Waals surface area (Å²) in [6, 6.07) is 3.00. The molecule has 0 aromatic carbocycles. The summed E-state index contributed by atoms with van der Waals surface area (Å²) in [6.07, 6.45) is 2.34. The average molecular weight is 272 g/mol. The van der Waals surface area contributed by atoms with Gasteiger partial charge in [-0.05, 0) is 24.5 Å². The molecule has 0 saturated carbocycles. The first-order valence-corrected chi connectivity index (χ1v) is 7.11. The molecular weight excluding hydrogens is 256 g/mol. The summed E-state index contributed by atoms with van der Waals surface area (Å²) >= 11 is 0. The Morgan fingerprint density at radius 1 is 1.56 bits per heavy atom. The molecule has 0 spiro atoms. The second-order valence-electron chi connectivity index (χ2n) is 4.08. The molecule has 4 N–H and O–H groups in total. The van der Waals surface area contributed by atoms with Crippen molar-refractivity contribution in [1.29, 1.82) is 0 Å². The lowest BCUT2D eigenvalue weighted by atomic mass is 10.1. The topological polar surface area (TPSA) is 106 Å². The second-order valence-corrected chi connectivity index (χ2v) is 5.81. The highest BCUT2D eigenvalue weighted by Crippen LogP contribution is 2.18. The highest BCUT2D eigenvalue weighted by Gasteiger charge is 2.22. The van der Waals surface area contributed by atoms with E-state index in [0.717, 1.165) is 6.42 Å². The highest BCUT2D eigenvalue weighted by atomic mass is 32.2. The van der Waals surface area contributed by atoms with Gasteiger partial charge in [-0.3, -0.25) is 0 Å². The Morgan fingerprint density at radius 3 is 3.06 bits per heavy atom. The van der Waals surface area contributed by atoms with Crippen LogP contribution in [0.15, 0.2) is 23.2 Å². The van der Waals surface area contributed by atoms with Gasteiger partial charge in [0.1, 0.15) is 4.90 Å². The van der Waals surface area contributed by atoms with E-state index in [-0.39, 0.29) is 16.6 Å². The molecule has 0 bridgehead atoms. The molecule has 1 aliphatic heterocycles. The van der Waals surface area contributed by atoms with Gasteiger partial charge < -0.3 is 10.2 Å². The van der Waals surface area contributed by atoms with E-state index in [2.05, 4.69) is 15.1 Å². The van der Waals surface area contributed by atoms with Gasteiger partial charge in [-0.1, -0.05) is 0 Å². The molecule has 1 unspecified atom stereocenters. The largest absolute Gasteiger partial charge is 0.381 e. The van der Waals surface area contributed by atoms with Crippen LogP contribution in [0.25, 0.3) is 0 Å². The molecule has 0 amide bonds. The number of hydrogen-bond donors (Lipinski definition) is 3. The Labute approximate surface area is 106 Å². The van der Waals surface area contributed by atoms with Crippen LogP contribution in [-0.2, 0) is 14.8 Å². The van der Waals surface area contributed by atoms with E-state index < -0.39 is 10.0 Å². The number of sulfonamides is 1. The Hall–Kier alpha value is -1.22. The van der Waals surface area contributed by atoms with Crippen molar-refractivity contribution in [2.24, 2.45) is 11.8 Å². The minimum Gasteiger partial charge on any atom is -0.381 e. The van der Waals surface area contributed by atoms with Gasteiger partial charge in [0.2, 0.25) is 10.0 Å². The number of anilines is 1. The number of ether oxygens (including phenoxy) is 1. The first kappa shape index (κ1) is 13.2. The summed E-state index contributed by atoms with van der Waals surface area (Å²) in [5.41, 5.74) is 2.27. The second kappa shape index (κ2) is 5.61. The predicted molar refractivity (Wildman–Crippen MR) is 66.2 cm³/mol. The monoisotopic (exact) mass is 272 g/mol. The van der Waals surface area contributed by atoms with Crippen LogP contribution < -0.4 is 16.0 Å². The molecular formula is C10H16N4O3S. The number of nitrogens with one attached hydrogen (secondary N) is 2. The van der Waals surface area contributed by atoms with Gasteiger partial charge in [-0.15, -0.1) is 0 Å². The van der Waals surface area contributed by atoms with Crippen molar-refractivity contribution in [3.63, 3.8) is 0 Å². The quantitative estimate of drug-likeness (QED) is 0.501. The maximum Gasteiger partial charge on any atom is 0.244 e. The predicted octanol–water partition coefficient (Wildman–Crippen LogP) is -0.318. The lowest BCUT2D eigenvalue weighted by molar-refractivity contribution is 0.186. The van der Waals surface area contributed by atoms with Gasteiger partial charge in [0.15, 0.2) is 5.82 Å². The van der Waals surface area contributed by atoms with Crippen LogP contribution in [0.5, 0.6) is 0 Å². The first-order chi connectivity index (χ1) is 8.63. The molecule has 2 rings (SSSR count). The van der Waals surface area contributed by atoms with Gasteiger partial charge in [-0.25, -0.2) is 24.0 Å². The van der Waals surface area contributed by atoms with E-state index in [1.165, 1.54) is 12.3 Å². The Kier molecular flexibility index (Phi) is 4.12. The molecule has 1 aromatic rings. The van der Waals surface area contributed by atoms with Gasteiger partial charge >= 0.3 is 0 Å². The van der Waals surface area contributed by atoms with Crippen LogP contribution in [0.1, 0.15) is 6.42 Å². The summed E-state index contributed by atoms with van der Waals surface area (Å²) in [7, 11) is -3.60. The molecule has 0 radical (unpaired) electrons. The molecule has 0 aliphatic carbocycles. The number of pyridine rings is 1. The summed E-state index contributed by atoms with van der Waals surface area (Å²) in [5.74, 6) is 5.60. The maximum atomic E-state index is 12.1. The van der Waals surface area contributed by atoms with E-state index in [1.54, 1.807) is 6.07 Å². The van der Waals surface area contributed by atoms with Crippen LogP contribution in [-0.4, -0.2) is 33.2 Å². The zero-order valence-electron chi connectivity index (χ0n) is 9.80. The molecule has 1 aliphatic rings. The zero-order valence-corrected chi connectivity index (χ0v) is 10.6. The first-order valence-electron chi connectivity index (χ1n) is 5.62. The number of aromatic nitrogens is 1. The standard InChI is InChI=1S/C10H16N4O3S/c11-14-10-9(2-1-4-12-10)18(15,16)13-6-8-3-5-17-7-8/h1-2,4,8,13H,3,5-7,11H2,(H,12,14). The molecule has 1 aromatic heterocycles. The van der Waals surface area contributed by atoms with Crippen molar-refractivity contribution in [2.45, 2.75) is 11.3 Å². The Balaban J connectivity index is 2.09. The number of nitrogens with two attached hydrogens (primary N) is 1.